The summed E-state index contributed by atoms with van der Waals surface area (Å²) < 4.78 is 0. The van der Waals surface area contributed by atoms with Gasteiger partial charge < -0.3 is 5.32 Å². The molecule has 2 heteroatoms. The number of carbonyl (C=O) groups is 1. The van der Waals surface area contributed by atoms with Gasteiger partial charge in [-0.3, -0.25) is 4.79 Å². The summed E-state index contributed by atoms with van der Waals surface area (Å²) in [6, 6.07) is 18.2. The van der Waals surface area contributed by atoms with Crippen LogP contribution in [-0.4, -0.2) is 5.91 Å². The molecular weight excluding hydrogens is 258 g/mol. The van der Waals surface area contributed by atoms with E-state index in [1.54, 1.807) is 0 Å². The maximum absolute atomic E-state index is 12.5. The summed E-state index contributed by atoms with van der Waals surface area (Å²) >= 11 is 0. The molecule has 0 aliphatic rings. The molecule has 1 amide bonds. The summed E-state index contributed by atoms with van der Waals surface area (Å²) in [4.78, 5) is 12.5. The molecule has 0 saturated heterocycles. The lowest BCUT2D eigenvalue weighted by Gasteiger charge is -2.23. The summed E-state index contributed by atoms with van der Waals surface area (Å²) in [5.41, 5.74) is 2.87. The van der Waals surface area contributed by atoms with Gasteiger partial charge in [0.1, 0.15) is 0 Å². The van der Waals surface area contributed by atoms with Gasteiger partial charge >= 0.3 is 0 Å². The Labute approximate surface area is 127 Å². The zero-order valence-corrected chi connectivity index (χ0v) is 13.0. The Bertz CT molecular complexity index is 585. The lowest BCUT2D eigenvalue weighted by Crippen LogP contribution is -2.32. The zero-order chi connectivity index (χ0) is 15.3. The van der Waals surface area contributed by atoms with E-state index in [9.17, 15) is 4.79 Å². The van der Waals surface area contributed by atoms with Gasteiger partial charge in [-0.25, -0.2) is 0 Å². The Hall–Kier alpha value is -2.09. The third kappa shape index (κ3) is 4.19. The largest absolute Gasteiger partial charge is 0.326 e. The lowest BCUT2D eigenvalue weighted by molar-refractivity contribution is -0.123. The van der Waals surface area contributed by atoms with Crippen LogP contribution in [0.2, 0.25) is 0 Å². The van der Waals surface area contributed by atoms with Crippen molar-refractivity contribution in [2.24, 2.45) is 5.41 Å². The maximum Gasteiger partial charge on any atom is 0.230 e. The summed E-state index contributed by atoms with van der Waals surface area (Å²) in [7, 11) is 0. The van der Waals surface area contributed by atoms with Crippen molar-refractivity contribution in [3.05, 3.63) is 65.7 Å². The quantitative estimate of drug-likeness (QED) is 0.861. The van der Waals surface area contributed by atoms with Crippen molar-refractivity contribution in [1.82, 2.24) is 0 Å². The predicted octanol–water partition coefficient (Wildman–Crippen LogP) is 4.46. The molecule has 0 heterocycles. The molecule has 2 aromatic carbocycles. The molecule has 21 heavy (non-hydrogen) atoms. The zero-order valence-electron chi connectivity index (χ0n) is 13.0. The molecule has 2 aromatic rings. The Kier molecular flexibility index (Phi) is 4.79. The van der Waals surface area contributed by atoms with Crippen molar-refractivity contribution >= 4 is 11.6 Å². The Morgan fingerprint density at radius 3 is 2.14 bits per heavy atom. The highest BCUT2D eigenvalue weighted by molar-refractivity contribution is 5.95. The lowest BCUT2D eigenvalue weighted by atomic mass is 9.84. The molecule has 1 N–H and O–H groups in total. The molecule has 0 unspecified atom stereocenters. The van der Waals surface area contributed by atoms with Crippen molar-refractivity contribution in [2.75, 3.05) is 5.32 Å². The molecule has 2 rings (SSSR count). The minimum Gasteiger partial charge on any atom is -0.326 e. The number of carbonyl (C=O) groups excluding carboxylic acids is 1. The molecule has 0 aliphatic carbocycles. The van der Waals surface area contributed by atoms with E-state index in [-0.39, 0.29) is 5.91 Å². The molecule has 0 aliphatic heterocycles. The smallest absolute Gasteiger partial charge is 0.230 e. The van der Waals surface area contributed by atoms with Gasteiger partial charge in [-0.2, -0.15) is 0 Å². The fourth-order valence-electron chi connectivity index (χ4n) is 2.31. The van der Waals surface area contributed by atoms with Crippen molar-refractivity contribution in [2.45, 2.75) is 33.6 Å². The average Bonchev–Trinajstić information content (AvgIpc) is 2.48. The Morgan fingerprint density at radius 2 is 1.57 bits per heavy atom. The number of benzene rings is 2. The molecule has 0 radical (unpaired) electrons. The number of hydrogen-bond acceptors (Lipinski definition) is 1. The second-order valence-electron chi connectivity index (χ2n) is 6.05. The van der Waals surface area contributed by atoms with E-state index in [4.69, 9.17) is 0 Å². The van der Waals surface area contributed by atoms with Gasteiger partial charge in [0, 0.05) is 11.1 Å². The van der Waals surface area contributed by atoms with Crippen LogP contribution in [0.15, 0.2) is 54.6 Å². The van der Waals surface area contributed by atoms with Crippen LogP contribution >= 0.6 is 0 Å². The van der Waals surface area contributed by atoms with Crippen LogP contribution in [0.5, 0.6) is 0 Å². The van der Waals surface area contributed by atoms with E-state index in [1.807, 2.05) is 44.2 Å². The standard InChI is InChI=1S/C19H23NO/c1-4-15-10-12-17(13-11-15)20-18(21)19(2,3)14-16-8-6-5-7-9-16/h5-13H,4,14H2,1-3H3,(H,20,21). The minimum absolute atomic E-state index is 0.0515. The van der Waals surface area contributed by atoms with E-state index >= 15 is 0 Å². The highest BCUT2D eigenvalue weighted by Gasteiger charge is 2.27. The van der Waals surface area contributed by atoms with Gasteiger partial charge in [-0.1, -0.05) is 63.2 Å². The highest BCUT2D eigenvalue weighted by Crippen LogP contribution is 2.24. The number of hydrogen-bond donors (Lipinski definition) is 1. The fraction of sp³-hybridized carbons (Fsp3) is 0.316. The predicted molar refractivity (Wildman–Crippen MR) is 88.4 cm³/mol. The van der Waals surface area contributed by atoms with Crippen LogP contribution in [0, 0.1) is 5.41 Å². The Morgan fingerprint density at radius 1 is 0.952 bits per heavy atom. The van der Waals surface area contributed by atoms with Crippen molar-refractivity contribution in [3.63, 3.8) is 0 Å². The molecule has 0 aromatic heterocycles. The number of amides is 1. The van der Waals surface area contributed by atoms with Crippen LogP contribution in [0.4, 0.5) is 5.69 Å². The van der Waals surface area contributed by atoms with Crippen LogP contribution in [-0.2, 0) is 17.6 Å². The average molecular weight is 281 g/mol. The number of aryl methyl sites for hydroxylation is 1. The van der Waals surface area contributed by atoms with E-state index in [2.05, 4.69) is 36.5 Å². The molecule has 0 bridgehead atoms. The minimum atomic E-state index is -0.440. The monoisotopic (exact) mass is 281 g/mol. The van der Waals surface area contributed by atoms with Crippen LogP contribution in [0.1, 0.15) is 31.9 Å². The molecule has 0 atom stereocenters. The normalized spacial score (nSPS) is 11.2. The number of nitrogens with one attached hydrogen (secondary N) is 1. The molecule has 110 valence electrons. The van der Waals surface area contributed by atoms with E-state index in [0.717, 1.165) is 18.5 Å². The SMILES string of the molecule is CCc1ccc(NC(=O)C(C)(C)Cc2ccccc2)cc1. The molecule has 0 spiro atoms. The van der Waals surface area contributed by atoms with E-state index < -0.39 is 5.41 Å². The first kappa shape index (κ1) is 15.3. The van der Waals surface area contributed by atoms with Gasteiger partial charge in [0.05, 0.1) is 0 Å². The number of anilines is 1. The first-order chi connectivity index (χ1) is 10.0. The van der Waals surface area contributed by atoms with Gasteiger partial charge in [-0.15, -0.1) is 0 Å². The fourth-order valence-corrected chi connectivity index (χ4v) is 2.31. The molecular formula is C19H23NO. The Balaban J connectivity index is 2.03. The summed E-state index contributed by atoms with van der Waals surface area (Å²) in [5, 5.41) is 3.01. The second-order valence-corrected chi connectivity index (χ2v) is 6.05. The maximum atomic E-state index is 12.5. The van der Waals surface area contributed by atoms with Crippen LogP contribution in [0.3, 0.4) is 0 Å². The summed E-state index contributed by atoms with van der Waals surface area (Å²) in [6.07, 6.45) is 1.74. The van der Waals surface area contributed by atoms with Gasteiger partial charge in [-0.05, 0) is 36.1 Å². The van der Waals surface area contributed by atoms with Gasteiger partial charge in [0.15, 0.2) is 0 Å². The topological polar surface area (TPSA) is 29.1 Å². The highest BCUT2D eigenvalue weighted by atomic mass is 16.2. The van der Waals surface area contributed by atoms with Crippen LogP contribution in [0.25, 0.3) is 0 Å². The van der Waals surface area contributed by atoms with E-state index in [1.165, 1.54) is 11.1 Å². The van der Waals surface area contributed by atoms with Crippen molar-refractivity contribution < 1.29 is 4.79 Å². The molecule has 0 saturated carbocycles. The first-order valence-corrected chi connectivity index (χ1v) is 7.45. The van der Waals surface area contributed by atoms with Gasteiger partial charge in [0.2, 0.25) is 5.91 Å². The second kappa shape index (κ2) is 6.57. The molecule has 2 nitrogen and oxygen atoms in total. The third-order valence-electron chi connectivity index (χ3n) is 3.72. The van der Waals surface area contributed by atoms with Crippen LogP contribution < -0.4 is 5.32 Å². The molecule has 0 fully saturated rings. The van der Waals surface area contributed by atoms with Crippen molar-refractivity contribution in [3.8, 4) is 0 Å². The van der Waals surface area contributed by atoms with Crippen molar-refractivity contribution in [1.29, 1.82) is 0 Å². The summed E-state index contributed by atoms with van der Waals surface area (Å²) in [5.74, 6) is 0.0515. The first-order valence-electron chi connectivity index (χ1n) is 7.45. The third-order valence-corrected chi connectivity index (χ3v) is 3.72. The number of rotatable bonds is 5. The van der Waals surface area contributed by atoms with E-state index in [0.29, 0.717) is 0 Å². The summed E-state index contributed by atoms with van der Waals surface area (Å²) in [6.45, 7) is 6.09. The van der Waals surface area contributed by atoms with Gasteiger partial charge in [0.25, 0.3) is 0 Å².